The normalized spacial score (nSPS) is 51.5. The van der Waals surface area contributed by atoms with E-state index in [1.165, 1.54) is 0 Å². The lowest BCUT2D eigenvalue weighted by Crippen LogP contribution is -2.70. The summed E-state index contributed by atoms with van der Waals surface area (Å²) in [7, 11) is 0. The van der Waals surface area contributed by atoms with Gasteiger partial charge in [0.05, 0.1) is 39.6 Å². The van der Waals surface area contributed by atoms with Crippen LogP contribution in [0.4, 0.5) is 0 Å². The number of rotatable bonds is 17. The van der Waals surface area contributed by atoms with E-state index in [1.54, 1.807) is 0 Å². The lowest BCUT2D eigenvalue weighted by molar-refractivity contribution is -0.390. The van der Waals surface area contributed by atoms with Gasteiger partial charge in [0.1, 0.15) is 146 Å². The van der Waals surface area contributed by atoms with Gasteiger partial charge < -0.3 is 154 Å². The van der Waals surface area contributed by atoms with Gasteiger partial charge in [0.2, 0.25) is 5.91 Å². The number of carbonyl (C=O) groups is 1. The average molecular weight is 1030 g/mol. The lowest BCUT2D eigenvalue weighted by Gasteiger charge is -2.50. The standard InChI is InChI=1S/C38H65NO31/c1-8(46)39-15-30(68-38-27(58)32(19(50)12(5-43)64-38)70-35-24(55)20(51)16(47)9(2-40)62-35)17(48)10(3-41)61-34(15)69-31-18(49)11(4-42)63-37(26(31)57)67-29-14(7-45)65-36(25(56)22(29)53)66-28-13(6-44)60-33(59)23(54)21(28)52/h9-38,40-45,47-59H,2-7H2,1H3,(H,39,46)/t9-,10-,11-,12-,13-,14-,15-,16+,17+,18+,19+,20+,21-,22-,23-,24-,25-,26-,27-,28-,29+,30-,31+,32+,33-,34+,35-,36+,37-,38+/m1/s1. The number of aliphatic hydroxyl groups excluding tert-OH is 19. The molecule has 6 saturated heterocycles. The fourth-order valence-electron chi connectivity index (χ4n) is 8.91. The van der Waals surface area contributed by atoms with E-state index in [0.29, 0.717) is 0 Å². The smallest absolute Gasteiger partial charge is 0.217 e. The largest absolute Gasteiger partial charge is 0.394 e. The van der Waals surface area contributed by atoms with E-state index in [-0.39, 0.29) is 0 Å². The minimum atomic E-state index is -2.22. The molecule has 32 heteroatoms. The quantitative estimate of drug-likeness (QED) is 0.0643. The third-order valence-corrected chi connectivity index (χ3v) is 12.8. The summed E-state index contributed by atoms with van der Waals surface area (Å²) in [6, 6.07) is -1.80. The Hall–Kier alpha value is -1.73. The molecule has 408 valence electrons. The van der Waals surface area contributed by atoms with Crippen molar-refractivity contribution in [2.45, 2.75) is 191 Å². The highest BCUT2D eigenvalue weighted by atomic mass is 16.8. The fourth-order valence-corrected chi connectivity index (χ4v) is 8.91. The molecule has 0 saturated carbocycles. The number of nitrogens with one attached hydrogen (secondary N) is 1. The van der Waals surface area contributed by atoms with Gasteiger partial charge in [-0.05, 0) is 0 Å². The Labute approximate surface area is 395 Å². The van der Waals surface area contributed by atoms with Crippen LogP contribution < -0.4 is 5.32 Å². The molecule has 0 bridgehead atoms. The van der Waals surface area contributed by atoms with Crippen LogP contribution in [0.3, 0.4) is 0 Å². The molecule has 6 aliphatic heterocycles. The first kappa shape index (κ1) is 57.5. The minimum Gasteiger partial charge on any atom is -0.394 e. The molecule has 1 amide bonds. The Kier molecular flexibility index (Phi) is 20.3. The number of ether oxygens (including phenoxy) is 11. The molecule has 6 heterocycles. The zero-order valence-electron chi connectivity index (χ0n) is 37.0. The van der Waals surface area contributed by atoms with Crippen LogP contribution in [-0.2, 0) is 56.9 Å². The Morgan fingerprint density at radius 2 is 0.657 bits per heavy atom. The van der Waals surface area contributed by atoms with Gasteiger partial charge in [0.25, 0.3) is 0 Å². The Morgan fingerprint density at radius 3 is 1.10 bits per heavy atom. The van der Waals surface area contributed by atoms with Crippen LogP contribution in [0.1, 0.15) is 6.92 Å². The average Bonchev–Trinajstić information content (AvgIpc) is 3.34. The highest BCUT2D eigenvalue weighted by molar-refractivity contribution is 5.73. The van der Waals surface area contributed by atoms with E-state index in [9.17, 15) is 102 Å². The number of hydrogen-bond acceptors (Lipinski definition) is 31. The molecule has 0 aliphatic carbocycles. The topological polar surface area (TPSA) is 515 Å². The molecule has 70 heavy (non-hydrogen) atoms. The maximum absolute atomic E-state index is 12.7. The molecule has 6 fully saturated rings. The summed E-state index contributed by atoms with van der Waals surface area (Å²) in [5.74, 6) is -0.876. The second-order valence-electron chi connectivity index (χ2n) is 17.5. The molecule has 0 aromatic carbocycles. The van der Waals surface area contributed by atoms with Crippen molar-refractivity contribution in [3.8, 4) is 0 Å². The van der Waals surface area contributed by atoms with E-state index in [4.69, 9.17) is 52.1 Å². The van der Waals surface area contributed by atoms with E-state index in [1.807, 2.05) is 0 Å². The second-order valence-corrected chi connectivity index (χ2v) is 17.5. The van der Waals surface area contributed by atoms with Crippen LogP contribution >= 0.6 is 0 Å². The third kappa shape index (κ3) is 11.9. The van der Waals surface area contributed by atoms with Gasteiger partial charge in [-0.2, -0.15) is 0 Å². The zero-order valence-corrected chi connectivity index (χ0v) is 37.0. The summed E-state index contributed by atoms with van der Waals surface area (Å²) in [5.41, 5.74) is 0. The van der Waals surface area contributed by atoms with Gasteiger partial charge in [0.15, 0.2) is 37.7 Å². The van der Waals surface area contributed by atoms with Crippen LogP contribution in [0.25, 0.3) is 0 Å². The maximum atomic E-state index is 12.7. The van der Waals surface area contributed by atoms with E-state index in [2.05, 4.69) is 5.32 Å². The molecule has 20 N–H and O–H groups in total. The highest BCUT2D eigenvalue weighted by Gasteiger charge is 2.58. The monoisotopic (exact) mass is 1030 g/mol. The summed E-state index contributed by atoms with van der Waals surface area (Å²) >= 11 is 0. The van der Waals surface area contributed by atoms with Crippen LogP contribution in [-0.4, -0.2) is 327 Å². The van der Waals surface area contributed by atoms with Crippen LogP contribution in [0.2, 0.25) is 0 Å². The van der Waals surface area contributed by atoms with Gasteiger partial charge in [0, 0.05) is 6.92 Å². The fraction of sp³-hybridized carbons (Fsp3) is 0.974. The molecule has 6 rings (SSSR count). The van der Waals surface area contributed by atoms with Crippen molar-refractivity contribution in [1.29, 1.82) is 0 Å². The third-order valence-electron chi connectivity index (χ3n) is 12.8. The molecular formula is C38H65NO31. The van der Waals surface area contributed by atoms with Gasteiger partial charge in [-0.25, -0.2) is 0 Å². The van der Waals surface area contributed by atoms with E-state index < -0.39 is 230 Å². The lowest BCUT2D eigenvalue weighted by atomic mass is 9.94. The first-order valence-electron chi connectivity index (χ1n) is 22.1. The number of amides is 1. The molecule has 0 unspecified atom stereocenters. The van der Waals surface area contributed by atoms with E-state index in [0.717, 1.165) is 6.92 Å². The number of carbonyl (C=O) groups excluding carboxylic acids is 1. The molecule has 32 nitrogen and oxygen atoms in total. The SMILES string of the molecule is CC(=O)N[C@H]1[C@H](O[C@H]2[C@@H](O)[C@@H](CO)O[C@H](O[C@@H]3[C@H](O)[C@@H](O)[C@H](O[C@H]4[C@H](O)[C@@H](O)[C@H](O)O[C@@H]4CO)O[C@@H]3CO)[C@@H]2O)O[C@H](CO)[C@H](O)[C@@H]1O[C@@H]1O[C@H](CO)[C@H](O)[C@H](O[C@H]2O[C@H](CO)[C@H](O)[C@H](O)[C@H]2O)[C@H]1O. The molecule has 30 atom stereocenters. The van der Waals surface area contributed by atoms with Crippen LogP contribution in [0.15, 0.2) is 0 Å². The van der Waals surface area contributed by atoms with Crippen molar-refractivity contribution in [3.05, 3.63) is 0 Å². The predicted octanol–water partition coefficient (Wildman–Crippen LogP) is -14.0. The van der Waals surface area contributed by atoms with Gasteiger partial charge in [-0.1, -0.05) is 0 Å². The predicted molar refractivity (Wildman–Crippen MR) is 211 cm³/mol. The minimum absolute atomic E-state index is 0.876. The summed E-state index contributed by atoms with van der Waals surface area (Å²) in [4.78, 5) is 12.7. The number of aliphatic hydroxyl groups is 19. The van der Waals surface area contributed by atoms with Gasteiger partial charge in [-0.3, -0.25) is 4.79 Å². The summed E-state index contributed by atoms with van der Waals surface area (Å²) in [6.45, 7) is -4.84. The van der Waals surface area contributed by atoms with Crippen molar-refractivity contribution in [1.82, 2.24) is 5.32 Å². The Balaban J connectivity index is 1.21. The summed E-state index contributed by atoms with van der Waals surface area (Å²) in [6.07, 6.45) is -55.7. The van der Waals surface area contributed by atoms with Gasteiger partial charge in [-0.15, -0.1) is 0 Å². The van der Waals surface area contributed by atoms with Crippen LogP contribution in [0.5, 0.6) is 0 Å². The van der Waals surface area contributed by atoms with Crippen molar-refractivity contribution in [2.75, 3.05) is 39.6 Å². The van der Waals surface area contributed by atoms with Crippen molar-refractivity contribution in [2.24, 2.45) is 0 Å². The second kappa shape index (κ2) is 24.7. The molecule has 0 spiro atoms. The summed E-state index contributed by atoms with van der Waals surface area (Å²) < 4.78 is 61.7. The molecular weight excluding hydrogens is 966 g/mol. The van der Waals surface area contributed by atoms with Crippen LogP contribution in [0, 0.1) is 0 Å². The van der Waals surface area contributed by atoms with Gasteiger partial charge >= 0.3 is 0 Å². The van der Waals surface area contributed by atoms with Crippen molar-refractivity contribution >= 4 is 5.91 Å². The number of hydrogen-bond donors (Lipinski definition) is 20. The molecule has 0 radical (unpaired) electrons. The molecule has 0 aromatic heterocycles. The Morgan fingerprint density at radius 1 is 0.343 bits per heavy atom. The zero-order chi connectivity index (χ0) is 51.6. The first-order valence-corrected chi connectivity index (χ1v) is 22.1. The maximum Gasteiger partial charge on any atom is 0.217 e. The Bertz CT molecular complexity index is 1620. The van der Waals surface area contributed by atoms with Crippen molar-refractivity contribution < 1.29 is 154 Å². The highest BCUT2D eigenvalue weighted by Crippen LogP contribution is 2.37. The first-order chi connectivity index (χ1) is 33.2. The molecule has 0 aromatic rings. The van der Waals surface area contributed by atoms with E-state index >= 15 is 0 Å². The summed E-state index contributed by atoms with van der Waals surface area (Å²) in [5, 5.41) is 203. The molecule has 6 aliphatic rings. The van der Waals surface area contributed by atoms with Crippen molar-refractivity contribution in [3.63, 3.8) is 0 Å².